The summed E-state index contributed by atoms with van der Waals surface area (Å²) in [6.07, 6.45) is 4.28. The summed E-state index contributed by atoms with van der Waals surface area (Å²) in [5.74, 6) is 0.176. The van der Waals surface area contributed by atoms with Crippen LogP contribution in [0.15, 0.2) is 29.2 Å². The summed E-state index contributed by atoms with van der Waals surface area (Å²) >= 11 is 0. The van der Waals surface area contributed by atoms with E-state index in [1.807, 2.05) is 4.90 Å². The van der Waals surface area contributed by atoms with Crippen molar-refractivity contribution in [3.05, 3.63) is 34.4 Å². The van der Waals surface area contributed by atoms with Gasteiger partial charge in [-0.25, -0.2) is 13.2 Å². The Morgan fingerprint density at radius 3 is 2.56 bits per heavy atom. The van der Waals surface area contributed by atoms with Crippen LogP contribution in [0.3, 0.4) is 0 Å². The SMILES string of the molecule is O=C1CCCCCN1CCCNC(=O)N1CCN(S(=O)(=O)c2cccc([N+](=O)[O-])c2)CC1. The first kappa shape index (κ1) is 23.9. The van der Waals surface area contributed by atoms with E-state index in [-0.39, 0.29) is 48.7 Å². The summed E-state index contributed by atoms with van der Waals surface area (Å²) < 4.78 is 26.8. The molecule has 0 unspecified atom stereocenters. The number of urea groups is 1. The highest BCUT2D eigenvalue weighted by Gasteiger charge is 2.31. The molecule has 1 aromatic carbocycles. The van der Waals surface area contributed by atoms with Gasteiger partial charge in [0.2, 0.25) is 15.9 Å². The Bertz CT molecular complexity index is 946. The summed E-state index contributed by atoms with van der Waals surface area (Å²) in [5.41, 5.74) is -0.286. The molecule has 32 heavy (non-hydrogen) atoms. The molecule has 0 spiro atoms. The molecule has 11 nitrogen and oxygen atoms in total. The Hall–Kier alpha value is -2.73. The molecule has 2 fully saturated rings. The number of carbonyl (C=O) groups is 2. The quantitative estimate of drug-likeness (QED) is 0.366. The van der Waals surface area contributed by atoms with Gasteiger partial charge in [0.1, 0.15) is 0 Å². The predicted molar refractivity (Wildman–Crippen MR) is 116 cm³/mol. The number of nitro groups is 1. The van der Waals surface area contributed by atoms with Crippen LogP contribution in [0.25, 0.3) is 0 Å². The highest BCUT2D eigenvalue weighted by Crippen LogP contribution is 2.22. The van der Waals surface area contributed by atoms with Crippen molar-refractivity contribution in [1.82, 2.24) is 19.4 Å². The van der Waals surface area contributed by atoms with Crippen molar-refractivity contribution in [2.45, 2.75) is 37.0 Å². The lowest BCUT2D eigenvalue weighted by atomic mass is 10.2. The standard InChI is InChI=1S/C20H29N5O6S/c26-19-8-2-1-3-10-22(19)11-5-9-21-20(27)23-12-14-24(15-13-23)32(30,31)18-7-4-6-17(16-18)25(28)29/h4,6-7,16H,1-3,5,8-15H2,(H,21,27). The van der Waals surface area contributed by atoms with Crippen LogP contribution in [0.4, 0.5) is 10.5 Å². The zero-order valence-corrected chi connectivity index (χ0v) is 18.8. The maximum absolute atomic E-state index is 12.8. The molecule has 0 aliphatic carbocycles. The molecule has 0 atom stereocenters. The molecular weight excluding hydrogens is 438 g/mol. The van der Waals surface area contributed by atoms with Crippen LogP contribution in [0.1, 0.15) is 32.1 Å². The molecule has 2 heterocycles. The third-order valence-corrected chi connectivity index (χ3v) is 7.64. The van der Waals surface area contributed by atoms with Gasteiger partial charge in [-0.3, -0.25) is 14.9 Å². The van der Waals surface area contributed by atoms with Gasteiger partial charge in [0.25, 0.3) is 5.69 Å². The Kier molecular flexibility index (Phi) is 8.02. The van der Waals surface area contributed by atoms with Crippen molar-refractivity contribution < 1.29 is 22.9 Å². The topological polar surface area (TPSA) is 133 Å². The number of piperazine rings is 1. The average molecular weight is 468 g/mol. The first-order chi connectivity index (χ1) is 15.3. The number of amides is 3. The Morgan fingerprint density at radius 1 is 1.09 bits per heavy atom. The molecule has 1 N–H and O–H groups in total. The average Bonchev–Trinajstić information content (AvgIpc) is 3.00. The van der Waals surface area contributed by atoms with Gasteiger partial charge >= 0.3 is 6.03 Å². The number of likely N-dealkylation sites (tertiary alicyclic amines) is 1. The second-order valence-corrected chi connectivity index (χ2v) is 9.86. The molecule has 2 aliphatic rings. The van der Waals surface area contributed by atoms with Crippen LogP contribution >= 0.6 is 0 Å². The minimum Gasteiger partial charge on any atom is -0.343 e. The minimum absolute atomic E-state index is 0.112. The zero-order chi connectivity index (χ0) is 23.1. The second kappa shape index (κ2) is 10.7. The van der Waals surface area contributed by atoms with Gasteiger partial charge in [-0.2, -0.15) is 4.31 Å². The Labute approximate surface area is 187 Å². The van der Waals surface area contributed by atoms with E-state index >= 15 is 0 Å². The van der Waals surface area contributed by atoms with Gasteiger partial charge in [-0.1, -0.05) is 12.5 Å². The smallest absolute Gasteiger partial charge is 0.317 e. The van der Waals surface area contributed by atoms with E-state index in [1.165, 1.54) is 22.5 Å². The largest absolute Gasteiger partial charge is 0.343 e. The predicted octanol–water partition coefficient (Wildman–Crippen LogP) is 1.40. The van der Waals surface area contributed by atoms with Gasteiger partial charge in [-0.05, 0) is 25.3 Å². The molecule has 176 valence electrons. The third kappa shape index (κ3) is 5.94. The van der Waals surface area contributed by atoms with E-state index in [0.29, 0.717) is 25.9 Å². The second-order valence-electron chi connectivity index (χ2n) is 7.92. The van der Waals surface area contributed by atoms with Gasteiger partial charge in [0.15, 0.2) is 0 Å². The molecule has 2 saturated heterocycles. The van der Waals surface area contributed by atoms with Gasteiger partial charge in [-0.15, -0.1) is 0 Å². The van der Waals surface area contributed by atoms with E-state index in [1.54, 1.807) is 4.90 Å². The molecule has 0 bridgehead atoms. The fraction of sp³-hybridized carbons (Fsp3) is 0.600. The molecule has 3 amide bonds. The van der Waals surface area contributed by atoms with E-state index in [2.05, 4.69) is 5.32 Å². The summed E-state index contributed by atoms with van der Waals surface area (Å²) in [6, 6.07) is 4.69. The number of nitrogens with zero attached hydrogens (tertiary/aromatic N) is 4. The van der Waals surface area contributed by atoms with E-state index in [9.17, 15) is 28.1 Å². The van der Waals surface area contributed by atoms with Crippen molar-refractivity contribution in [2.24, 2.45) is 0 Å². The number of rotatable bonds is 7. The van der Waals surface area contributed by atoms with Crippen LogP contribution in [0, 0.1) is 10.1 Å². The molecule has 0 saturated carbocycles. The van der Waals surface area contributed by atoms with Crippen molar-refractivity contribution in [1.29, 1.82) is 0 Å². The lowest BCUT2D eigenvalue weighted by Crippen LogP contribution is -2.53. The Morgan fingerprint density at radius 2 is 1.84 bits per heavy atom. The molecule has 3 rings (SSSR count). The fourth-order valence-corrected chi connectivity index (χ4v) is 5.35. The molecule has 2 aliphatic heterocycles. The molecule has 12 heteroatoms. The normalized spacial score (nSPS) is 18.3. The van der Waals surface area contributed by atoms with E-state index in [0.717, 1.165) is 31.9 Å². The number of hydrogen-bond donors (Lipinski definition) is 1. The highest BCUT2D eigenvalue weighted by molar-refractivity contribution is 7.89. The molecular formula is C20H29N5O6S. The first-order valence-corrected chi connectivity index (χ1v) is 12.3. The number of non-ortho nitro benzene ring substituents is 1. The summed E-state index contributed by atoms with van der Waals surface area (Å²) in [5, 5.41) is 13.8. The fourth-order valence-electron chi connectivity index (χ4n) is 3.89. The minimum atomic E-state index is -3.88. The molecule has 0 aromatic heterocycles. The van der Waals surface area contributed by atoms with Crippen LogP contribution in [-0.4, -0.2) is 85.2 Å². The van der Waals surface area contributed by atoms with Crippen LogP contribution in [-0.2, 0) is 14.8 Å². The summed E-state index contributed by atoms with van der Waals surface area (Å²) in [7, 11) is -3.88. The molecule has 0 radical (unpaired) electrons. The van der Waals surface area contributed by atoms with E-state index < -0.39 is 14.9 Å². The van der Waals surface area contributed by atoms with Crippen LogP contribution in [0.2, 0.25) is 0 Å². The molecule has 1 aromatic rings. The lowest BCUT2D eigenvalue weighted by Gasteiger charge is -2.34. The van der Waals surface area contributed by atoms with Crippen molar-refractivity contribution in [2.75, 3.05) is 45.8 Å². The number of sulfonamides is 1. The number of carbonyl (C=O) groups excluding carboxylic acids is 2. The van der Waals surface area contributed by atoms with Crippen LogP contribution < -0.4 is 5.32 Å². The zero-order valence-electron chi connectivity index (χ0n) is 17.9. The number of hydrogen-bond acceptors (Lipinski definition) is 6. The van der Waals surface area contributed by atoms with Gasteiger partial charge < -0.3 is 15.1 Å². The maximum Gasteiger partial charge on any atom is 0.317 e. The van der Waals surface area contributed by atoms with Gasteiger partial charge in [0.05, 0.1) is 9.82 Å². The monoisotopic (exact) mass is 467 g/mol. The van der Waals surface area contributed by atoms with Crippen molar-refractivity contribution in [3.63, 3.8) is 0 Å². The maximum atomic E-state index is 12.8. The van der Waals surface area contributed by atoms with Crippen molar-refractivity contribution in [3.8, 4) is 0 Å². The highest BCUT2D eigenvalue weighted by atomic mass is 32.2. The van der Waals surface area contributed by atoms with Crippen molar-refractivity contribution >= 4 is 27.6 Å². The third-order valence-electron chi connectivity index (χ3n) is 5.74. The van der Waals surface area contributed by atoms with Gasteiger partial charge in [0, 0.05) is 64.4 Å². The summed E-state index contributed by atoms with van der Waals surface area (Å²) in [6.45, 7) is 2.51. The number of benzene rings is 1. The number of nitro benzene ring substituents is 1. The lowest BCUT2D eigenvalue weighted by molar-refractivity contribution is -0.385. The Balaban J connectivity index is 1.44. The first-order valence-electron chi connectivity index (χ1n) is 10.8. The van der Waals surface area contributed by atoms with E-state index in [4.69, 9.17) is 0 Å². The van der Waals surface area contributed by atoms with Crippen LogP contribution in [0.5, 0.6) is 0 Å². The number of nitrogens with one attached hydrogen (secondary N) is 1. The summed E-state index contributed by atoms with van der Waals surface area (Å²) in [4.78, 5) is 38.0.